The largest absolute Gasteiger partial charge is 0.383 e. The number of nitrogens with one attached hydrogen (secondary N) is 1. The Morgan fingerprint density at radius 1 is 1.53 bits per heavy atom. The highest BCUT2D eigenvalue weighted by atomic mass is 32.1. The van der Waals surface area contributed by atoms with Gasteiger partial charge in [0.05, 0.1) is 6.61 Å². The van der Waals surface area contributed by atoms with Crippen LogP contribution in [0.4, 0.5) is 0 Å². The maximum atomic E-state index is 5.18. The van der Waals surface area contributed by atoms with Crippen LogP contribution in [0.2, 0.25) is 0 Å². The van der Waals surface area contributed by atoms with Crippen LogP contribution in [-0.4, -0.2) is 26.3 Å². The second kappa shape index (κ2) is 7.85. The summed E-state index contributed by atoms with van der Waals surface area (Å²) in [6.45, 7) is 4.08. The molecule has 0 saturated heterocycles. The summed E-state index contributed by atoms with van der Waals surface area (Å²) in [5, 5.41) is 5.67. The second-order valence-electron chi connectivity index (χ2n) is 3.72. The minimum absolute atomic E-state index is 0.514. The zero-order valence-electron chi connectivity index (χ0n) is 9.66. The first-order valence-corrected chi connectivity index (χ1v) is 6.49. The van der Waals surface area contributed by atoms with Crippen molar-refractivity contribution in [1.82, 2.24) is 5.32 Å². The van der Waals surface area contributed by atoms with Gasteiger partial charge in [0, 0.05) is 24.6 Å². The molecule has 1 heterocycles. The maximum absolute atomic E-state index is 5.18. The molecule has 1 unspecified atom stereocenters. The monoisotopic (exact) mass is 227 g/mol. The van der Waals surface area contributed by atoms with E-state index in [9.17, 15) is 0 Å². The van der Waals surface area contributed by atoms with E-state index in [0.29, 0.717) is 6.04 Å². The fourth-order valence-electron chi connectivity index (χ4n) is 1.65. The summed E-state index contributed by atoms with van der Waals surface area (Å²) in [6, 6.07) is 4.82. The van der Waals surface area contributed by atoms with E-state index in [1.54, 1.807) is 7.11 Å². The van der Waals surface area contributed by atoms with Gasteiger partial charge >= 0.3 is 0 Å². The topological polar surface area (TPSA) is 21.3 Å². The van der Waals surface area contributed by atoms with E-state index in [4.69, 9.17) is 4.74 Å². The Hall–Kier alpha value is -0.380. The van der Waals surface area contributed by atoms with Gasteiger partial charge in [0.2, 0.25) is 0 Å². The zero-order chi connectivity index (χ0) is 10.9. The quantitative estimate of drug-likeness (QED) is 0.737. The Morgan fingerprint density at radius 3 is 3.00 bits per heavy atom. The molecule has 2 nitrogen and oxygen atoms in total. The number of ether oxygens (including phenoxy) is 1. The molecule has 0 bridgehead atoms. The van der Waals surface area contributed by atoms with Crippen molar-refractivity contribution in [2.75, 3.05) is 20.3 Å². The van der Waals surface area contributed by atoms with E-state index in [1.165, 1.54) is 17.7 Å². The van der Waals surface area contributed by atoms with E-state index in [1.807, 2.05) is 11.3 Å². The summed E-state index contributed by atoms with van der Waals surface area (Å²) in [5.74, 6) is 0. The molecule has 1 N–H and O–H groups in total. The average Bonchev–Trinajstić information content (AvgIpc) is 2.71. The van der Waals surface area contributed by atoms with Crippen LogP contribution >= 0.6 is 11.3 Å². The number of hydrogen-bond acceptors (Lipinski definition) is 3. The van der Waals surface area contributed by atoms with Crippen LogP contribution in [0.25, 0.3) is 0 Å². The molecule has 1 atom stereocenters. The fraction of sp³-hybridized carbons (Fsp3) is 0.667. The van der Waals surface area contributed by atoms with Crippen LogP contribution in [0, 0.1) is 0 Å². The molecular formula is C12H21NOS. The molecule has 1 aromatic heterocycles. The van der Waals surface area contributed by atoms with Crippen molar-refractivity contribution in [2.24, 2.45) is 0 Å². The van der Waals surface area contributed by atoms with Gasteiger partial charge in [-0.3, -0.25) is 0 Å². The summed E-state index contributed by atoms with van der Waals surface area (Å²) >= 11 is 1.83. The molecule has 15 heavy (non-hydrogen) atoms. The van der Waals surface area contributed by atoms with Crippen LogP contribution in [0.3, 0.4) is 0 Å². The van der Waals surface area contributed by atoms with Crippen LogP contribution in [0.5, 0.6) is 0 Å². The molecule has 3 heteroatoms. The number of thiophene rings is 1. The van der Waals surface area contributed by atoms with Gasteiger partial charge in [0.25, 0.3) is 0 Å². The molecule has 0 radical (unpaired) electrons. The van der Waals surface area contributed by atoms with Gasteiger partial charge in [-0.1, -0.05) is 19.4 Å². The Morgan fingerprint density at radius 2 is 2.40 bits per heavy atom. The highest BCUT2D eigenvalue weighted by molar-refractivity contribution is 7.09. The van der Waals surface area contributed by atoms with Crippen molar-refractivity contribution >= 4 is 11.3 Å². The smallest absolute Gasteiger partial charge is 0.0615 e. The third-order valence-electron chi connectivity index (χ3n) is 2.39. The minimum Gasteiger partial charge on any atom is -0.383 e. The summed E-state index contributed by atoms with van der Waals surface area (Å²) in [5.41, 5.74) is 0. The lowest BCUT2D eigenvalue weighted by molar-refractivity contribution is 0.162. The number of rotatable bonds is 8. The van der Waals surface area contributed by atoms with Gasteiger partial charge in [-0.2, -0.15) is 0 Å². The van der Waals surface area contributed by atoms with Gasteiger partial charge in [-0.15, -0.1) is 11.3 Å². The molecule has 0 spiro atoms. The van der Waals surface area contributed by atoms with Crippen molar-refractivity contribution in [3.63, 3.8) is 0 Å². The molecule has 1 rings (SSSR count). The lowest BCUT2D eigenvalue weighted by Gasteiger charge is -2.16. The van der Waals surface area contributed by atoms with E-state index in [0.717, 1.165) is 19.6 Å². The highest BCUT2D eigenvalue weighted by Gasteiger charge is 2.05. The van der Waals surface area contributed by atoms with Crippen LogP contribution < -0.4 is 5.32 Å². The van der Waals surface area contributed by atoms with Crippen molar-refractivity contribution in [2.45, 2.75) is 32.2 Å². The Labute approximate surface area is 96.7 Å². The first kappa shape index (κ1) is 12.7. The van der Waals surface area contributed by atoms with E-state index in [2.05, 4.69) is 29.8 Å². The lowest BCUT2D eigenvalue weighted by atomic mass is 10.2. The standard InChI is InChI=1S/C12H21NOS/c1-3-5-11(10-14-2)13-8-7-12-6-4-9-15-12/h4,6,9,11,13H,3,5,7-8,10H2,1-2H3. The minimum atomic E-state index is 0.514. The maximum Gasteiger partial charge on any atom is 0.0615 e. The van der Waals surface area contributed by atoms with Crippen LogP contribution in [0.15, 0.2) is 17.5 Å². The molecule has 0 aliphatic rings. The number of methoxy groups -OCH3 is 1. The first-order chi connectivity index (χ1) is 7.36. The molecule has 1 aromatic rings. The van der Waals surface area contributed by atoms with Crippen molar-refractivity contribution in [3.05, 3.63) is 22.4 Å². The zero-order valence-corrected chi connectivity index (χ0v) is 10.5. The van der Waals surface area contributed by atoms with Crippen molar-refractivity contribution in [1.29, 1.82) is 0 Å². The van der Waals surface area contributed by atoms with Gasteiger partial charge < -0.3 is 10.1 Å². The summed E-state index contributed by atoms with van der Waals surface area (Å²) in [6.07, 6.45) is 3.53. The first-order valence-electron chi connectivity index (χ1n) is 5.61. The van der Waals surface area contributed by atoms with E-state index in [-0.39, 0.29) is 0 Å². The molecule has 0 amide bonds. The number of hydrogen-bond donors (Lipinski definition) is 1. The summed E-state index contributed by atoms with van der Waals surface area (Å²) in [4.78, 5) is 1.45. The van der Waals surface area contributed by atoms with Crippen LogP contribution in [-0.2, 0) is 11.2 Å². The third-order valence-corrected chi connectivity index (χ3v) is 3.33. The highest BCUT2D eigenvalue weighted by Crippen LogP contribution is 2.08. The van der Waals surface area contributed by atoms with E-state index < -0.39 is 0 Å². The summed E-state index contributed by atoms with van der Waals surface area (Å²) < 4.78 is 5.18. The molecular weight excluding hydrogens is 206 g/mol. The summed E-state index contributed by atoms with van der Waals surface area (Å²) in [7, 11) is 1.77. The van der Waals surface area contributed by atoms with Gasteiger partial charge in [0.15, 0.2) is 0 Å². The van der Waals surface area contributed by atoms with Gasteiger partial charge in [0.1, 0.15) is 0 Å². The molecule has 0 fully saturated rings. The molecule has 86 valence electrons. The fourth-order valence-corrected chi connectivity index (χ4v) is 2.36. The SMILES string of the molecule is CCCC(COC)NCCc1cccs1. The van der Waals surface area contributed by atoms with Crippen molar-refractivity contribution in [3.8, 4) is 0 Å². The predicted molar refractivity (Wildman–Crippen MR) is 66.6 cm³/mol. The molecule has 0 aliphatic heterocycles. The third kappa shape index (κ3) is 5.30. The van der Waals surface area contributed by atoms with Crippen LogP contribution in [0.1, 0.15) is 24.6 Å². The lowest BCUT2D eigenvalue weighted by Crippen LogP contribution is -2.34. The molecule has 0 aliphatic carbocycles. The van der Waals surface area contributed by atoms with E-state index >= 15 is 0 Å². The van der Waals surface area contributed by atoms with Crippen molar-refractivity contribution < 1.29 is 4.74 Å². The Kier molecular flexibility index (Phi) is 6.64. The Bertz CT molecular complexity index is 230. The van der Waals surface area contributed by atoms with Gasteiger partial charge in [-0.25, -0.2) is 0 Å². The molecule has 0 aromatic carbocycles. The average molecular weight is 227 g/mol. The Balaban J connectivity index is 2.15. The normalized spacial score (nSPS) is 12.9. The van der Waals surface area contributed by atoms with Gasteiger partial charge in [-0.05, 0) is 24.3 Å². The second-order valence-corrected chi connectivity index (χ2v) is 4.76. The molecule has 0 saturated carbocycles. The predicted octanol–water partition coefficient (Wildman–Crippen LogP) is 2.70.